The molecule has 19 heavy (non-hydrogen) atoms. The van der Waals surface area contributed by atoms with E-state index in [1.54, 1.807) is 13.8 Å². The van der Waals surface area contributed by atoms with Crippen molar-refractivity contribution in [1.29, 1.82) is 5.26 Å². The summed E-state index contributed by atoms with van der Waals surface area (Å²) in [5, 5.41) is 19.2. The van der Waals surface area contributed by atoms with Crippen LogP contribution in [0.4, 0.5) is 5.69 Å². The molecule has 0 aliphatic heterocycles. The summed E-state index contributed by atoms with van der Waals surface area (Å²) in [5.74, 6) is -0.381. The second-order valence-corrected chi connectivity index (χ2v) is 4.52. The standard InChI is InChI=1S/C12H12ClN3O3/c1-8(2)15(6-5-14)12(17)9-3-4-11(16(18)19)10(13)7-9/h3-4,7-8H,6H2,1-2H3. The van der Waals surface area contributed by atoms with Crippen molar-refractivity contribution in [3.63, 3.8) is 0 Å². The third-order valence-electron chi connectivity index (χ3n) is 2.52. The first-order valence-electron chi connectivity index (χ1n) is 5.50. The number of nitrogens with zero attached hydrogens (tertiary/aromatic N) is 3. The first kappa shape index (κ1) is 14.9. The zero-order chi connectivity index (χ0) is 14.6. The summed E-state index contributed by atoms with van der Waals surface area (Å²) < 4.78 is 0. The number of benzene rings is 1. The van der Waals surface area contributed by atoms with Gasteiger partial charge in [0.15, 0.2) is 0 Å². The predicted molar refractivity (Wildman–Crippen MR) is 69.9 cm³/mol. The van der Waals surface area contributed by atoms with Crippen molar-refractivity contribution in [3.05, 3.63) is 38.9 Å². The van der Waals surface area contributed by atoms with E-state index in [-0.39, 0.29) is 34.8 Å². The molecule has 1 aromatic rings. The molecular formula is C12H12ClN3O3. The Hall–Kier alpha value is -2.13. The first-order valence-corrected chi connectivity index (χ1v) is 5.88. The van der Waals surface area contributed by atoms with Crippen molar-refractivity contribution >= 4 is 23.2 Å². The maximum absolute atomic E-state index is 12.2. The Kier molecular flexibility index (Phi) is 4.84. The number of nitro benzene ring substituents is 1. The van der Waals surface area contributed by atoms with Crippen molar-refractivity contribution in [1.82, 2.24) is 4.90 Å². The van der Waals surface area contributed by atoms with Crippen LogP contribution >= 0.6 is 11.6 Å². The van der Waals surface area contributed by atoms with Crippen LogP contribution in [0.25, 0.3) is 0 Å². The summed E-state index contributed by atoms with van der Waals surface area (Å²) in [7, 11) is 0. The lowest BCUT2D eigenvalue weighted by Gasteiger charge is -2.23. The molecule has 0 saturated carbocycles. The summed E-state index contributed by atoms with van der Waals surface area (Å²) >= 11 is 5.75. The first-order chi connectivity index (χ1) is 8.88. The molecule has 0 fully saturated rings. The summed E-state index contributed by atoms with van der Waals surface area (Å²) in [6.45, 7) is 3.51. The molecule has 100 valence electrons. The Balaban J connectivity index is 3.10. The topological polar surface area (TPSA) is 87.2 Å². The van der Waals surface area contributed by atoms with E-state index in [4.69, 9.17) is 16.9 Å². The molecule has 1 amide bonds. The van der Waals surface area contributed by atoms with E-state index >= 15 is 0 Å². The van der Waals surface area contributed by atoms with Gasteiger partial charge in [0.1, 0.15) is 11.6 Å². The van der Waals surface area contributed by atoms with Crippen molar-refractivity contribution in [3.8, 4) is 6.07 Å². The van der Waals surface area contributed by atoms with Crippen molar-refractivity contribution < 1.29 is 9.72 Å². The number of rotatable bonds is 4. The molecule has 0 atom stereocenters. The van der Waals surface area contributed by atoms with Crippen LogP contribution < -0.4 is 0 Å². The fourth-order valence-corrected chi connectivity index (χ4v) is 1.77. The van der Waals surface area contributed by atoms with Crippen LogP contribution in [-0.2, 0) is 0 Å². The summed E-state index contributed by atoms with van der Waals surface area (Å²) in [4.78, 5) is 23.5. The minimum atomic E-state index is -0.619. The highest BCUT2D eigenvalue weighted by Crippen LogP contribution is 2.25. The second-order valence-electron chi connectivity index (χ2n) is 4.11. The minimum absolute atomic E-state index is 0.0505. The molecule has 0 heterocycles. The summed E-state index contributed by atoms with van der Waals surface area (Å²) in [6.07, 6.45) is 0. The summed E-state index contributed by atoms with van der Waals surface area (Å²) in [5.41, 5.74) is -0.0332. The third kappa shape index (κ3) is 3.42. The van der Waals surface area contributed by atoms with Crippen LogP contribution in [0.1, 0.15) is 24.2 Å². The van der Waals surface area contributed by atoms with Gasteiger partial charge >= 0.3 is 0 Å². The van der Waals surface area contributed by atoms with E-state index < -0.39 is 4.92 Å². The largest absolute Gasteiger partial charge is 0.323 e. The fraction of sp³-hybridized carbons (Fsp3) is 0.333. The molecule has 0 radical (unpaired) electrons. The number of carbonyl (C=O) groups excluding carboxylic acids is 1. The van der Waals surface area contributed by atoms with Gasteiger partial charge in [0.05, 0.1) is 11.0 Å². The minimum Gasteiger partial charge on any atom is -0.323 e. The van der Waals surface area contributed by atoms with Crippen LogP contribution in [0.3, 0.4) is 0 Å². The van der Waals surface area contributed by atoms with Crippen LogP contribution in [0.15, 0.2) is 18.2 Å². The fourth-order valence-electron chi connectivity index (χ4n) is 1.52. The molecule has 1 aromatic carbocycles. The molecule has 7 heteroatoms. The lowest BCUT2D eigenvalue weighted by atomic mass is 10.1. The second kappa shape index (κ2) is 6.16. The number of halogens is 1. The number of nitro groups is 1. The molecule has 0 N–H and O–H groups in total. The van der Waals surface area contributed by atoms with Gasteiger partial charge in [-0.15, -0.1) is 0 Å². The van der Waals surface area contributed by atoms with Crippen LogP contribution in [0, 0.1) is 21.4 Å². The van der Waals surface area contributed by atoms with Crippen molar-refractivity contribution in [2.75, 3.05) is 6.54 Å². The van der Waals surface area contributed by atoms with Gasteiger partial charge in [-0.3, -0.25) is 14.9 Å². The molecule has 0 aliphatic carbocycles. The van der Waals surface area contributed by atoms with Crippen LogP contribution in [0.5, 0.6) is 0 Å². The lowest BCUT2D eigenvalue weighted by Crippen LogP contribution is -2.37. The molecule has 0 aromatic heterocycles. The van der Waals surface area contributed by atoms with E-state index in [1.165, 1.54) is 23.1 Å². The van der Waals surface area contributed by atoms with Gasteiger partial charge in [0, 0.05) is 17.7 Å². The smallest absolute Gasteiger partial charge is 0.287 e. The predicted octanol–water partition coefficient (Wildman–Crippen LogP) is 2.62. The summed E-state index contributed by atoms with van der Waals surface area (Å²) in [6, 6.07) is 5.51. The average molecular weight is 282 g/mol. The normalized spacial score (nSPS) is 10.1. The Morgan fingerprint density at radius 2 is 2.21 bits per heavy atom. The van der Waals surface area contributed by atoms with E-state index in [1.807, 2.05) is 6.07 Å². The number of hydrogen-bond acceptors (Lipinski definition) is 4. The van der Waals surface area contributed by atoms with E-state index in [2.05, 4.69) is 0 Å². The van der Waals surface area contributed by atoms with Gasteiger partial charge < -0.3 is 4.90 Å². The quantitative estimate of drug-likeness (QED) is 0.482. The number of nitriles is 1. The Morgan fingerprint density at radius 1 is 1.58 bits per heavy atom. The van der Waals surface area contributed by atoms with Gasteiger partial charge in [0.25, 0.3) is 11.6 Å². The number of amides is 1. The highest BCUT2D eigenvalue weighted by molar-refractivity contribution is 6.33. The lowest BCUT2D eigenvalue weighted by molar-refractivity contribution is -0.384. The molecule has 0 aliphatic rings. The molecule has 1 rings (SSSR count). The number of carbonyl (C=O) groups is 1. The van der Waals surface area contributed by atoms with Gasteiger partial charge in [-0.05, 0) is 26.0 Å². The average Bonchev–Trinajstić information content (AvgIpc) is 2.34. The van der Waals surface area contributed by atoms with E-state index in [9.17, 15) is 14.9 Å². The number of hydrogen-bond donors (Lipinski definition) is 0. The van der Waals surface area contributed by atoms with Crippen molar-refractivity contribution in [2.24, 2.45) is 0 Å². The molecule has 6 nitrogen and oxygen atoms in total. The molecule has 0 unspecified atom stereocenters. The van der Waals surface area contributed by atoms with Crippen molar-refractivity contribution in [2.45, 2.75) is 19.9 Å². The maximum atomic E-state index is 12.2. The Bertz CT molecular complexity index is 552. The molecular weight excluding hydrogens is 270 g/mol. The van der Waals surface area contributed by atoms with Crippen LogP contribution in [0.2, 0.25) is 5.02 Å². The maximum Gasteiger partial charge on any atom is 0.287 e. The van der Waals surface area contributed by atoms with Gasteiger partial charge in [-0.2, -0.15) is 5.26 Å². The van der Waals surface area contributed by atoms with Gasteiger partial charge in [0.2, 0.25) is 0 Å². The zero-order valence-electron chi connectivity index (χ0n) is 10.5. The van der Waals surface area contributed by atoms with Gasteiger partial charge in [-0.1, -0.05) is 11.6 Å². The van der Waals surface area contributed by atoms with Crippen LogP contribution in [-0.4, -0.2) is 28.3 Å². The Morgan fingerprint density at radius 3 is 2.63 bits per heavy atom. The molecule has 0 spiro atoms. The molecule has 0 saturated heterocycles. The molecule has 0 bridgehead atoms. The highest BCUT2D eigenvalue weighted by Gasteiger charge is 2.21. The SMILES string of the molecule is CC(C)N(CC#N)C(=O)c1ccc([N+](=O)[O-])c(Cl)c1. The zero-order valence-corrected chi connectivity index (χ0v) is 11.2. The third-order valence-corrected chi connectivity index (χ3v) is 2.82. The van der Waals surface area contributed by atoms with Gasteiger partial charge in [-0.25, -0.2) is 0 Å². The van der Waals surface area contributed by atoms with E-state index in [0.29, 0.717) is 0 Å². The Labute approximate surface area is 115 Å². The highest BCUT2D eigenvalue weighted by atomic mass is 35.5. The monoisotopic (exact) mass is 281 g/mol. The van der Waals surface area contributed by atoms with E-state index in [0.717, 1.165) is 0 Å².